The number of esters is 2. The highest BCUT2D eigenvalue weighted by atomic mass is 32.2. The Balaban J connectivity index is 4.96. The van der Waals surface area contributed by atoms with Gasteiger partial charge in [0.2, 0.25) is 5.78 Å². The number of carbonyl (C=O) groups excluding carboxylic acids is 4. The van der Waals surface area contributed by atoms with Crippen molar-refractivity contribution in [2.75, 3.05) is 45.0 Å². The van der Waals surface area contributed by atoms with Crippen molar-refractivity contribution >= 4 is 41.5 Å². The number of amides is 2. The molecule has 3 N–H and O–H groups in total. The third-order valence-corrected chi connectivity index (χ3v) is 5.16. The molecule has 0 heterocycles. The SMILES string of the molecule is COC(=O)[C@H](CSCC(=O)C(=O)OCC(CO[N+](=O)[O-])(CO[N+](=O)[O-])[N+](=O)[O-])NC(=O)NCCCC(=O)O. The highest BCUT2D eigenvalue weighted by Crippen LogP contribution is 2.14. The van der Waals surface area contributed by atoms with Crippen molar-refractivity contribution in [3.05, 3.63) is 30.3 Å². The zero-order chi connectivity index (χ0) is 29.3. The van der Waals surface area contributed by atoms with E-state index in [4.69, 9.17) is 5.11 Å². The average molecular weight is 573 g/mol. The summed E-state index contributed by atoms with van der Waals surface area (Å²) in [6.45, 7) is -4.22. The summed E-state index contributed by atoms with van der Waals surface area (Å²) in [5, 5.41) is 42.4. The van der Waals surface area contributed by atoms with Gasteiger partial charge in [0.15, 0.2) is 19.8 Å². The van der Waals surface area contributed by atoms with Crippen molar-refractivity contribution in [2.24, 2.45) is 0 Å². The van der Waals surface area contributed by atoms with Gasteiger partial charge in [0, 0.05) is 23.6 Å². The molecule has 1 atom stereocenters. The predicted octanol–water partition coefficient (Wildman–Crippen LogP) is -2.03. The summed E-state index contributed by atoms with van der Waals surface area (Å²) in [5.41, 5.74) is -2.80. The number of nitrogens with zero attached hydrogens (tertiary/aromatic N) is 3. The van der Waals surface area contributed by atoms with Gasteiger partial charge in [-0.3, -0.25) is 19.7 Å². The van der Waals surface area contributed by atoms with Crippen molar-refractivity contribution < 1.29 is 63.3 Å². The number of aliphatic carboxylic acids is 1. The molecule has 2 amide bonds. The molecule has 0 aromatic carbocycles. The van der Waals surface area contributed by atoms with Gasteiger partial charge in [-0.2, -0.15) is 11.8 Å². The fourth-order valence-corrected chi connectivity index (χ4v) is 3.08. The molecule has 0 spiro atoms. The molecule has 0 saturated carbocycles. The van der Waals surface area contributed by atoms with E-state index < -0.39 is 82.0 Å². The van der Waals surface area contributed by atoms with Crippen LogP contribution in [-0.2, 0) is 38.3 Å². The zero-order valence-electron chi connectivity index (χ0n) is 19.6. The summed E-state index contributed by atoms with van der Waals surface area (Å²) in [6, 6.07) is -2.14. The second-order valence-corrected chi connectivity index (χ2v) is 7.99. The van der Waals surface area contributed by atoms with Crippen LogP contribution in [0.15, 0.2) is 0 Å². The summed E-state index contributed by atoms with van der Waals surface area (Å²) < 4.78 is 9.02. The number of ketones is 1. The molecule has 214 valence electrons. The number of thioether (sulfide) groups is 1. The molecule has 0 aliphatic rings. The monoisotopic (exact) mass is 573 g/mol. The standard InChI is InChI=1S/C16H23N5O16S/c1-34-13(25)10(18-15(27)17-4-2-3-12(23)24)5-38-6-11(22)14(26)35-7-16(19(28)29,8-36-20(30)31)9-37-21(32)33/h10H,2-9H2,1H3,(H,23,24)(H2,17,18,27)/t10-/m0/s1. The van der Waals surface area contributed by atoms with Gasteiger partial charge in [0.1, 0.15) is 6.04 Å². The maximum absolute atomic E-state index is 12.0. The van der Waals surface area contributed by atoms with Gasteiger partial charge in [-0.05, 0) is 6.42 Å². The van der Waals surface area contributed by atoms with Gasteiger partial charge in [0.25, 0.3) is 10.2 Å². The van der Waals surface area contributed by atoms with E-state index in [2.05, 4.69) is 29.8 Å². The van der Waals surface area contributed by atoms with Crippen LogP contribution in [0, 0.1) is 30.3 Å². The third kappa shape index (κ3) is 13.6. The molecular weight excluding hydrogens is 550 g/mol. The van der Waals surface area contributed by atoms with E-state index in [0.717, 1.165) is 7.11 Å². The Morgan fingerprint density at radius 1 is 1.00 bits per heavy atom. The number of Topliss-reactive ketones (excluding diaryl/α,β-unsaturated/α-hetero) is 1. The molecule has 0 aliphatic heterocycles. The van der Waals surface area contributed by atoms with Gasteiger partial charge in [0.05, 0.1) is 12.9 Å². The van der Waals surface area contributed by atoms with E-state index in [1.165, 1.54) is 0 Å². The van der Waals surface area contributed by atoms with Crippen molar-refractivity contribution in [3.8, 4) is 0 Å². The predicted molar refractivity (Wildman–Crippen MR) is 118 cm³/mol. The van der Waals surface area contributed by atoms with Crippen LogP contribution in [-0.4, -0.2) is 106 Å². The number of methoxy groups -OCH3 is 1. The molecule has 0 aromatic heterocycles. The number of carboxylic acid groups (broad SMARTS) is 1. The van der Waals surface area contributed by atoms with Crippen LogP contribution in [0.5, 0.6) is 0 Å². The number of ether oxygens (including phenoxy) is 2. The van der Waals surface area contributed by atoms with E-state index >= 15 is 0 Å². The number of nitrogens with one attached hydrogen (secondary N) is 2. The van der Waals surface area contributed by atoms with Crippen LogP contribution in [0.2, 0.25) is 0 Å². The smallest absolute Gasteiger partial charge is 0.375 e. The van der Waals surface area contributed by atoms with Crippen LogP contribution in [0.25, 0.3) is 0 Å². The van der Waals surface area contributed by atoms with Gasteiger partial charge in [-0.15, -0.1) is 20.2 Å². The van der Waals surface area contributed by atoms with E-state index in [0.29, 0.717) is 11.8 Å². The van der Waals surface area contributed by atoms with Crippen LogP contribution in [0.4, 0.5) is 4.79 Å². The fraction of sp³-hybridized carbons (Fsp3) is 0.688. The Morgan fingerprint density at radius 2 is 1.58 bits per heavy atom. The molecule has 0 aliphatic carbocycles. The number of carbonyl (C=O) groups is 5. The molecule has 0 unspecified atom stereocenters. The summed E-state index contributed by atoms with van der Waals surface area (Å²) in [4.78, 5) is 96.8. The average Bonchev–Trinajstić information content (AvgIpc) is 2.84. The number of nitro groups is 1. The molecule has 0 bridgehead atoms. The van der Waals surface area contributed by atoms with Gasteiger partial charge in [-0.1, -0.05) is 0 Å². The fourth-order valence-electron chi connectivity index (χ4n) is 2.20. The molecule has 0 saturated heterocycles. The molecule has 0 rings (SSSR count). The topological polar surface area (TPSA) is 296 Å². The zero-order valence-corrected chi connectivity index (χ0v) is 20.4. The summed E-state index contributed by atoms with van der Waals surface area (Å²) in [7, 11) is 1.02. The molecule has 21 nitrogen and oxygen atoms in total. The first kappa shape index (κ1) is 33.5. The molecule has 0 aromatic rings. The number of hydrogen-bond donors (Lipinski definition) is 3. The van der Waals surface area contributed by atoms with Gasteiger partial charge < -0.3 is 34.9 Å². The summed E-state index contributed by atoms with van der Waals surface area (Å²) >= 11 is 0.650. The first-order valence-corrected chi connectivity index (χ1v) is 11.2. The van der Waals surface area contributed by atoms with Crippen molar-refractivity contribution in [1.29, 1.82) is 0 Å². The Morgan fingerprint density at radius 3 is 2.05 bits per heavy atom. The number of urea groups is 1. The quantitative estimate of drug-likeness (QED) is 0.0465. The Labute approximate surface area is 215 Å². The van der Waals surface area contributed by atoms with E-state index in [1.807, 2.05) is 0 Å². The lowest BCUT2D eigenvalue weighted by Gasteiger charge is -2.22. The largest absolute Gasteiger partial charge is 0.481 e. The number of carboxylic acids is 1. The maximum Gasteiger partial charge on any atom is 0.375 e. The third-order valence-electron chi connectivity index (χ3n) is 4.13. The highest BCUT2D eigenvalue weighted by molar-refractivity contribution is 8.00. The minimum atomic E-state index is -2.80. The first-order chi connectivity index (χ1) is 17.7. The van der Waals surface area contributed by atoms with Gasteiger partial charge in [-0.25, -0.2) is 14.4 Å². The lowest BCUT2D eigenvalue weighted by molar-refractivity contribution is -0.788. The van der Waals surface area contributed by atoms with Crippen molar-refractivity contribution in [3.63, 3.8) is 0 Å². The van der Waals surface area contributed by atoms with Crippen LogP contribution >= 0.6 is 11.8 Å². The normalized spacial score (nSPS) is 11.3. The Kier molecular flexibility index (Phi) is 15.0. The van der Waals surface area contributed by atoms with E-state index in [9.17, 15) is 54.3 Å². The van der Waals surface area contributed by atoms with Crippen molar-refractivity contribution in [1.82, 2.24) is 10.6 Å². The highest BCUT2D eigenvalue weighted by Gasteiger charge is 2.48. The second kappa shape index (κ2) is 17.0. The molecule has 0 fully saturated rings. The summed E-state index contributed by atoms with van der Waals surface area (Å²) in [6.07, 6.45) is -0.0892. The van der Waals surface area contributed by atoms with Crippen LogP contribution in [0.3, 0.4) is 0 Å². The Bertz CT molecular complexity index is 896. The molecule has 38 heavy (non-hydrogen) atoms. The van der Waals surface area contributed by atoms with E-state index in [-0.39, 0.29) is 25.1 Å². The van der Waals surface area contributed by atoms with Crippen molar-refractivity contribution in [2.45, 2.75) is 24.4 Å². The minimum Gasteiger partial charge on any atom is -0.481 e. The number of rotatable bonds is 20. The maximum atomic E-state index is 12.0. The van der Waals surface area contributed by atoms with Crippen LogP contribution < -0.4 is 10.6 Å². The Hall–Kier alpha value is -4.50. The molecule has 0 radical (unpaired) electrons. The second-order valence-electron chi connectivity index (χ2n) is 6.96. The van der Waals surface area contributed by atoms with E-state index in [1.54, 1.807) is 0 Å². The number of hydrogen-bond acceptors (Lipinski definition) is 16. The minimum absolute atomic E-state index is 0.0193. The first-order valence-electron chi connectivity index (χ1n) is 10.0. The summed E-state index contributed by atoms with van der Waals surface area (Å²) in [5.74, 6) is -5.86. The molecule has 22 heteroatoms. The van der Waals surface area contributed by atoms with Crippen LogP contribution in [0.1, 0.15) is 12.8 Å². The van der Waals surface area contributed by atoms with Gasteiger partial charge >= 0.3 is 29.5 Å². The lowest BCUT2D eigenvalue weighted by Crippen LogP contribution is -2.53. The molecular formula is C16H23N5O16S. The lowest BCUT2D eigenvalue weighted by atomic mass is 10.1.